The van der Waals surface area contributed by atoms with Gasteiger partial charge in [-0.25, -0.2) is 0 Å². The number of fused-ring (bicyclic) bond motifs is 1. The molecule has 3 rings (SSSR count). The van der Waals surface area contributed by atoms with Gasteiger partial charge in [0, 0.05) is 26.2 Å². The lowest BCUT2D eigenvalue weighted by Gasteiger charge is -2.46. The summed E-state index contributed by atoms with van der Waals surface area (Å²) in [5, 5.41) is 4.63. The van der Waals surface area contributed by atoms with E-state index in [1.54, 1.807) is 0 Å². The number of piperidine rings is 2. The predicted octanol–water partition coefficient (Wildman–Crippen LogP) is 1.88. The number of hydrogen-bond acceptors (Lipinski definition) is 4. The molecule has 2 N–H and O–H groups in total. The summed E-state index contributed by atoms with van der Waals surface area (Å²) in [5.74, 6) is 1.92. The lowest BCUT2D eigenvalue weighted by atomic mass is 9.84. The van der Waals surface area contributed by atoms with Crippen LogP contribution in [0.25, 0.3) is 0 Å². The van der Waals surface area contributed by atoms with Crippen LogP contribution in [0.2, 0.25) is 0 Å². The highest BCUT2D eigenvalue weighted by atomic mass is 15.4. The van der Waals surface area contributed by atoms with E-state index in [4.69, 9.17) is 5.73 Å². The predicted molar refractivity (Wildman–Crippen MR) is 87.6 cm³/mol. The Morgan fingerprint density at radius 3 is 2.81 bits per heavy atom. The number of likely N-dealkylation sites (tertiary alicyclic amines) is 1. The standard InChI is InChI=1S/C16H29N5/c1-4-6-13-15(17)16(20(3)18-13)21-10-8-14-12(11-21)7-5-9-19(14)2/h12,14H,4-11,17H2,1-3H3. The minimum absolute atomic E-state index is 0.763. The summed E-state index contributed by atoms with van der Waals surface area (Å²) in [5.41, 5.74) is 8.35. The molecule has 1 aromatic heterocycles. The highest BCUT2D eigenvalue weighted by molar-refractivity contribution is 5.66. The van der Waals surface area contributed by atoms with E-state index < -0.39 is 0 Å². The highest BCUT2D eigenvalue weighted by Crippen LogP contribution is 2.35. The number of aromatic nitrogens is 2. The first kappa shape index (κ1) is 14.7. The van der Waals surface area contributed by atoms with Crippen LogP contribution in [0, 0.1) is 5.92 Å². The van der Waals surface area contributed by atoms with Crippen LogP contribution >= 0.6 is 0 Å². The van der Waals surface area contributed by atoms with E-state index in [0.29, 0.717) is 0 Å². The van der Waals surface area contributed by atoms with Crippen molar-refractivity contribution in [3.63, 3.8) is 0 Å². The molecule has 0 bridgehead atoms. The van der Waals surface area contributed by atoms with Gasteiger partial charge in [-0.1, -0.05) is 13.3 Å². The molecule has 2 atom stereocenters. The van der Waals surface area contributed by atoms with E-state index in [9.17, 15) is 0 Å². The molecule has 0 saturated carbocycles. The first-order chi connectivity index (χ1) is 10.1. The Bertz CT molecular complexity index is 495. The average molecular weight is 291 g/mol. The second-order valence-electron chi connectivity index (χ2n) is 6.74. The van der Waals surface area contributed by atoms with Crippen LogP contribution < -0.4 is 10.6 Å². The largest absolute Gasteiger partial charge is 0.394 e. The van der Waals surface area contributed by atoms with Crippen molar-refractivity contribution in [1.29, 1.82) is 0 Å². The Morgan fingerprint density at radius 2 is 2.05 bits per heavy atom. The summed E-state index contributed by atoms with van der Waals surface area (Å²) in [4.78, 5) is 5.03. The van der Waals surface area contributed by atoms with Gasteiger partial charge in [0.05, 0.1) is 11.4 Å². The van der Waals surface area contributed by atoms with Gasteiger partial charge in [-0.05, 0) is 45.2 Å². The van der Waals surface area contributed by atoms with Gasteiger partial charge in [0.25, 0.3) is 0 Å². The Hall–Kier alpha value is -1.23. The lowest BCUT2D eigenvalue weighted by Crippen LogP contribution is -2.53. The Balaban J connectivity index is 1.79. The molecule has 0 aromatic carbocycles. The van der Waals surface area contributed by atoms with Gasteiger partial charge >= 0.3 is 0 Å². The van der Waals surface area contributed by atoms with Gasteiger partial charge in [0.2, 0.25) is 0 Å². The molecular weight excluding hydrogens is 262 g/mol. The third kappa shape index (κ3) is 2.63. The maximum absolute atomic E-state index is 6.38. The van der Waals surface area contributed by atoms with Crippen molar-refractivity contribution in [2.75, 3.05) is 37.3 Å². The number of rotatable bonds is 3. The van der Waals surface area contributed by atoms with E-state index in [0.717, 1.165) is 55.1 Å². The summed E-state index contributed by atoms with van der Waals surface area (Å²) in [6, 6.07) is 0.763. The van der Waals surface area contributed by atoms with E-state index in [-0.39, 0.29) is 0 Å². The van der Waals surface area contributed by atoms with Crippen molar-refractivity contribution in [2.45, 2.75) is 45.1 Å². The number of hydrogen-bond donors (Lipinski definition) is 1. The number of nitrogens with zero attached hydrogens (tertiary/aromatic N) is 4. The van der Waals surface area contributed by atoms with E-state index in [2.05, 4.69) is 28.9 Å². The molecule has 0 aliphatic carbocycles. The van der Waals surface area contributed by atoms with E-state index in [1.165, 1.54) is 25.8 Å². The third-order valence-corrected chi connectivity index (χ3v) is 5.26. The SMILES string of the molecule is CCCc1nn(C)c(N2CCC3C(CCCN3C)C2)c1N. The smallest absolute Gasteiger partial charge is 0.150 e. The summed E-state index contributed by atoms with van der Waals surface area (Å²) >= 11 is 0. The Labute approximate surface area is 128 Å². The molecule has 118 valence electrons. The molecule has 2 unspecified atom stereocenters. The van der Waals surface area contributed by atoms with Crippen molar-refractivity contribution in [1.82, 2.24) is 14.7 Å². The molecule has 0 amide bonds. The molecule has 21 heavy (non-hydrogen) atoms. The fourth-order valence-corrected chi connectivity index (χ4v) is 4.23. The molecule has 5 heteroatoms. The average Bonchev–Trinajstić information content (AvgIpc) is 2.74. The second kappa shape index (κ2) is 5.87. The zero-order chi connectivity index (χ0) is 15.0. The van der Waals surface area contributed by atoms with Crippen LogP contribution in [-0.2, 0) is 13.5 Å². The van der Waals surface area contributed by atoms with Crippen LogP contribution in [0.15, 0.2) is 0 Å². The molecule has 3 heterocycles. The molecule has 0 spiro atoms. The van der Waals surface area contributed by atoms with Crippen molar-refractivity contribution < 1.29 is 0 Å². The monoisotopic (exact) mass is 291 g/mol. The maximum Gasteiger partial charge on any atom is 0.150 e. The molecule has 5 nitrogen and oxygen atoms in total. The van der Waals surface area contributed by atoms with E-state index in [1.807, 2.05) is 11.7 Å². The van der Waals surface area contributed by atoms with Crippen LogP contribution in [-0.4, -0.2) is 47.4 Å². The maximum atomic E-state index is 6.38. The zero-order valence-corrected chi connectivity index (χ0v) is 13.7. The Morgan fingerprint density at radius 1 is 1.24 bits per heavy atom. The topological polar surface area (TPSA) is 50.3 Å². The fraction of sp³-hybridized carbons (Fsp3) is 0.812. The summed E-state index contributed by atoms with van der Waals surface area (Å²) < 4.78 is 1.99. The van der Waals surface area contributed by atoms with Gasteiger partial charge < -0.3 is 15.5 Å². The first-order valence-corrected chi connectivity index (χ1v) is 8.38. The number of anilines is 2. The quantitative estimate of drug-likeness (QED) is 0.924. The summed E-state index contributed by atoms with van der Waals surface area (Å²) in [6.45, 7) is 5.66. The highest BCUT2D eigenvalue weighted by Gasteiger charge is 2.35. The number of nitrogens with two attached hydrogens (primary N) is 1. The van der Waals surface area contributed by atoms with Crippen LogP contribution in [0.1, 0.15) is 38.3 Å². The molecule has 0 radical (unpaired) electrons. The number of aryl methyl sites for hydroxylation is 2. The number of nitrogen functional groups attached to an aromatic ring is 1. The van der Waals surface area contributed by atoms with Crippen molar-refractivity contribution in [2.24, 2.45) is 13.0 Å². The van der Waals surface area contributed by atoms with Crippen LogP contribution in [0.3, 0.4) is 0 Å². The molecular formula is C16H29N5. The van der Waals surface area contributed by atoms with Gasteiger partial charge in [-0.2, -0.15) is 5.10 Å². The normalized spacial score (nSPS) is 26.9. The van der Waals surface area contributed by atoms with E-state index >= 15 is 0 Å². The van der Waals surface area contributed by atoms with Gasteiger partial charge in [0.15, 0.2) is 0 Å². The van der Waals surface area contributed by atoms with Gasteiger partial charge in [0.1, 0.15) is 5.82 Å². The molecule has 2 fully saturated rings. The van der Waals surface area contributed by atoms with Crippen molar-refractivity contribution in [3.8, 4) is 0 Å². The summed E-state index contributed by atoms with van der Waals surface area (Å²) in [6.07, 6.45) is 5.99. The van der Waals surface area contributed by atoms with Crippen molar-refractivity contribution in [3.05, 3.63) is 5.69 Å². The molecule has 2 saturated heterocycles. The van der Waals surface area contributed by atoms with Gasteiger partial charge in [-0.15, -0.1) is 0 Å². The van der Waals surface area contributed by atoms with Crippen LogP contribution in [0.5, 0.6) is 0 Å². The Kier molecular flexibility index (Phi) is 4.11. The van der Waals surface area contributed by atoms with Crippen LogP contribution in [0.4, 0.5) is 11.5 Å². The minimum atomic E-state index is 0.763. The van der Waals surface area contributed by atoms with Crippen molar-refractivity contribution >= 4 is 11.5 Å². The second-order valence-corrected chi connectivity index (χ2v) is 6.74. The zero-order valence-electron chi connectivity index (χ0n) is 13.7. The van der Waals surface area contributed by atoms with Gasteiger partial charge in [-0.3, -0.25) is 4.68 Å². The molecule has 2 aliphatic heterocycles. The minimum Gasteiger partial charge on any atom is -0.394 e. The third-order valence-electron chi connectivity index (χ3n) is 5.26. The fourth-order valence-electron chi connectivity index (χ4n) is 4.23. The lowest BCUT2D eigenvalue weighted by molar-refractivity contribution is 0.102. The molecule has 2 aliphatic rings. The first-order valence-electron chi connectivity index (χ1n) is 8.38. The molecule has 1 aromatic rings. The summed E-state index contributed by atoms with van der Waals surface area (Å²) in [7, 11) is 4.31.